The number of benzene rings is 1. The third-order valence-corrected chi connectivity index (χ3v) is 3.56. The van der Waals surface area contributed by atoms with Crippen molar-refractivity contribution < 1.29 is 23.2 Å². The van der Waals surface area contributed by atoms with E-state index in [0.29, 0.717) is 32.0 Å². The minimum absolute atomic E-state index is 0.0965. The number of carbonyl (C=O) groups excluding carboxylic acids is 1. The van der Waals surface area contributed by atoms with Crippen LogP contribution in [0.3, 0.4) is 0 Å². The Hall–Kier alpha value is -2.25. The second-order valence-electron chi connectivity index (χ2n) is 4.80. The summed E-state index contributed by atoms with van der Waals surface area (Å²) in [5.41, 5.74) is -0.839. The largest absolute Gasteiger partial charge is 0.469 e. The molecule has 0 amide bonds. The van der Waals surface area contributed by atoms with E-state index in [1.165, 1.54) is 12.0 Å². The summed E-state index contributed by atoms with van der Waals surface area (Å²) in [6, 6.07) is 1.43. The molecule has 0 radical (unpaired) electrons. The van der Waals surface area contributed by atoms with Gasteiger partial charge in [0, 0.05) is 25.2 Å². The zero-order valence-electron chi connectivity index (χ0n) is 11.3. The number of carbonyl (C=O) groups is 1. The number of esters is 1. The summed E-state index contributed by atoms with van der Waals surface area (Å²) >= 11 is 0. The third kappa shape index (κ3) is 3.09. The number of nitro benzene ring substituents is 1. The van der Waals surface area contributed by atoms with Crippen molar-refractivity contribution in [2.24, 2.45) is 5.92 Å². The molecule has 1 aromatic rings. The number of hydrogen-bond donors (Lipinski definition) is 0. The van der Waals surface area contributed by atoms with E-state index < -0.39 is 22.2 Å². The SMILES string of the molecule is COC(=O)C1CCN(c2cc(F)cc(F)c2[N+](=O)[O-])CC1. The van der Waals surface area contributed by atoms with Crippen LogP contribution < -0.4 is 4.90 Å². The van der Waals surface area contributed by atoms with Gasteiger partial charge >= 0.3 is 11.7 Å². The van der Waals surface area contributed by atoms with Crippen LogP contribution in [-0.4, -0.2) is 31.1 Å². The zero-order chi connectivity index (χ0) is 15.6. The Bertz CT molecular complexity index is 572. The van der Waals surface area contributed by atoms with Gasteiger partial charge < -0.3 is 9.64 Å². The van der Waals surface area contributed by atoms with Crippen LogP contribution in [0.5, 0.6) is 0 Å². The Morgan fingerprint density at radius 1 is 1.38 bits per heavy atom. The lowest BCUT2D eigenvalue weighted by atomic mass is 9.96. The molecule has 0 N–H and O–H groups in total. The molecular weight excluding hydrogens is 286 g/mol. The van der Waals surface area contributed by atoms with E-state index in [0.717, 1.165) is 6.07 Å². The number of rotatable bonds is 3. The Morgan fingerprint density at radius 2 is 2.00 bits per heavy atom. The van der Waals surface area contributed by atoms with Gasteiger partial charge in [0.2, 0.25) is 5.82 Å². The molecule has 0 spiro atoms. The predicted molar refractivity (Wildman–Crippen MR) is 70.0 cm³/mol. The summed E-state index contributed by atoms with van der Waals surface area (Å²) in [5, 5.41) is 11.0. The average Bonchev–Trinajstić information content (AvgIpc) is 2.45. The molecule has 8 heteroatoms. The number of methoxy groups -OCH3 is 1. The van der Waals surface area contributed by atoms with Crippen molar-refractivity contribution in [1.29, 1.82) is 0 Å². The first-order chi connectivity index (χ1) is 9.93. The Balaban J connectivity index is 2.24. The molecule has 1 heterocycles. The van der Waals surface area contributed by atoms with Gasteiger partial charge in [0.1, 0.15) is 11.5 Å². The normalized spacial score (nSPS) is 15.9. The number of anilines is 1. The monoisotopic (exact) mass is 300 g/mol. The van der Waals surface area contributed by atoms with Crippen molar-refractivity contribution in [3.8, 4) is 0 Å². The summed E-state index contributed by atoms with van der Waals surface area (Å²) in [6.45, 7) is 0.590. The highest BCUT2D eigenvalue weighted by molar-refractivity contribution is 5.73. The topological polar surface area (TPSA) is 72.7 Å². The molecule has 21 heavy (non-hydrogen) atoms. The minimum Gasteiger partial charge on any atom is -0.469 e. The molecule has 0 atom stereocenters. The van der Waals surface area contributed by atoms with E-state index in [4.69, 9.17) is 0 Å². The van der Waals surface area contributed by atoms with Crippen LogP contribution in [-0.2, 0) is 9.53 Å². The highest BCUT2D eigenvalue weighted by Gasteiger charge is 2.31. The van der Waals surface area contributed by atoms with E-state index >= 15 is 0 Å². The van der Waals surface area contributed by atoms with Gasteiger partial charge in [0.05, 0.1) is 18.0 Å². The second-order valence-corrected chi connectivity index (χ2v) is 4.80. The van der Waals surface area contributed by atoms with Crippen LogP contribution in [0.1, 0.15) is 12.8 Å². The summed E-state index contributed by atoms with van der Waals surface area (Å²) < 4.78 is 31.6. The number of nitro groups is 1. The van der Waals surface area contributed by atoms with E-state index in [2.05, 4.69) is 4.74 Å². The first-order valence-electron chi connectivity index (χ1n) is 6.40. The molecule has 1 saturated heterocycles. The molecule has 1 fully saturated rings. The molecule has 114 valence electrons. The molecule has 6 nitrogen and oxygen atoms in total. The molecule has 1 aromatic carbocycles. The maximum atomic E-state index is 13.6. The Kier molecular flexibility index (Phi) is 4.35. The molecule has 0 saturated carbocycles. The quantitative estimate of drug-likeness (QED) is 0.486. The standard InChI is InChI=1S/C13H14F2N2O4/c1-21-13(18)8-2-4-16(5-3-8)11-7-9(14)6-10(15)12(11)17(19)20/h6-8H,2-5H2,1H3. The molecule has 1 aliphatic heterocycles. The fourth-order valence-corrected chi connectivity index (χ4v) is 2.50. The predicted octanol–water partition coefficient (Wildman–Crippen LogP) is 2.26. The first-order valence-corrected chi connectivity index (χ1v) is 6.40. The number of ether oxygens (including phenoxy) is 1. The summed E-state index contributed by atoms with van der Waals surface area (Å²) in [6.07, 6.45) is 0.837. The fraction of sp³-hybridized carbons (Fsp3) is 0.462. The van der Waals surface area contributed by atoms with Crippen LogP contribution in [0.25, 0.3) is 0 Å². The van der Waals surface area contributed by atoms with E-state index in [-0.39, 0.29) is 17.6 Å². The van der Waals surface area contributed by atoms with Crippen LogP contribution in [0.2, 0.25) is 0 Å². The lowest BCUT2D eigenvalue weighted by molar-refractivity contribution is -0.386. The minimum atomic E-state index is -1.20. The highest BCUT2D eigenvalue weighted by atomic mass is 19.1. The second kappa shape index (κ2) is 6.02. The first kappa shape index (κ1) is 15.1. The number of hydrogen-bond acceptors (Lipinski definition) is 5. The third-order valence-electron chi connectivity index (χ3n) is 3.56. The van der Waals surface area contributed by atoms with Gasteiger partial charge in [0.15, 0.2) is 0 Å². The van der Waals surface area contributed by atoms with Gasteiger partial charge in [-0.3, -0.25) is 14.9 Å². The zero-order valence-corrected chi connectivity index (χ0v) is 11.3. The molecule has 1 aliphatic rings. The van der Waals surface area contributed by atoms with E-state index in [1.807, 2.05) is 0 Å². The Labute approximate surface area is 119 Å². The van der Waals surface area contributed by atoms with E-state index in [1.54, 1.807) is 0 Å². The van der Waals surface area contributed by atoms with Gasteiger partial charge in [-0.25, -0.2) is 4.39 Å². The molecular formula is C13H14F2N2O4. The summed E-state index contributed by atoms with van der Waals surface area (Å²) in [7, 11) is 1.29. The van der Waals surface area contributed by atoms with Crippen LogP contribution in [0.4, 0.5) is 20.2 Å². The summed E-state index contributed by atoms with van der Waals surface area (Å²) in [5.74, 6) is -2.70. The number of piperidine rings is 1. The average molecular weight is 300 g/mol. The van der Waals surface area contributed by atoms with Crippen molar-refractivity contribution in [3.05, 3.63) is 33.9 Å². The molecule has 0 aliphatic carbocycles. The van der Waals surface area contributed by atoms with Crippen LogP contribution in [0, 0.1) is 27.7 Å². The van der Waals surface area contributed by atoms with Gasteiger partial charge in [-0.1, -0.05) is 0 Å². The Morgan fingerprint density at radius 3 is 2.52 bits per heavy atom. The fourth-order valence-electron chi connectivity index (χ4n) is 2.50. The molecule has 0 aromatic heterocycles. The van der Waals surface area contributed by atoms with Gasteiger partial charge in [0.25, 0.3) is 0 Å². The number of halogens is 2. The van der Waals surface area contributed by atoms with Gasteiger partial charge in [-0.05, 0) is 12.8 Å². The maximum Gasteiger partial charge on any atom is 0.328 e. The van der Waals surface area contributed by atoms with Gasteiger partial charge in [-0.15, -0.1) is 0 Å². The van der Waals surface area contributed by atoms with E-state index in [9.17, 15) is 23.7 Å². The molecule has 0 bridgehead atoms. The number of nitrogens with zero attached hydrogens (tertiary/aromatic N) is 2. The van der Waals surface area contributed by atoms with Crippen LogP contribution >= 0.6 is 0 Å². The van der Waals surface area contributed by atoms with Crippen LogP contribution in [0.15, 0.2) is 12.1 Å². The summed E-state index contributed by atoms with van der Waals surface area (Å²) in [4.78, 5) is 23.0. The molecule has 2 rings (SSSR count). The van der Waals surface area contributed by atoms with Crippen molar-refractivity contribution in [1.82, 2.24) is 0 Å². The van der Waals surface area contributed by atoms with Gasteiger partial charge in [-0.2, -0.15) is 4.39 Å². The smallest absolute Gasteiger partial charge is 0.328 e. The molecule has 0 unspecified atom stereocenters. The lowest BCUT2D eigenvalue weighted by Crippen LogP contribution is -2.37. The maximum absolute atomic E-state index is 13.6. The van der Waals surface area contributed by atoms with Crippen molar-refractivity contribution in [2.45, 2.75) is 12.8 Å². The van der Waals surface area contributed by atoms with Crippen molar-refractivity contribution >= 4 is 17.3 Å². The highest BCUT2D eigenvalue weighted by Crippen LogP contribution is 2.34. The van der Waals surface area contributed by atoms with Crippen molar-refractivity contribution in [3.63, 3.8) is 0 Å². The van der Waals surface area contributed by atoms with Crippen molar-refractivity contribution in [2.75, 3.05) is 25.1 Å². The lowest BCUT2D eigenvalue weighted by Gasteiger charge is -2.32.